The Kier molecular flexibility index (Phi) is 6.82. The van der Waals surface area contributed by atoms with E-state index in [-0.39, 0.29) is 24.4 Å². The number of rotatable bonds is 8. The van der Waals surface area contributed by atoms with E-state index in [0.717, 1.165) is 0 Å². The van der Waals surface area contributed by atoms with Gasteiger partial charge in [0.2, 0.25) is 11.8 Å². The van der Waals surface area contributed by atoms with Crippen LogP contribution in [0, 0.1) is 5.82 Å². The third-order valence-corrected chi connectivity index (χ3v) is 4.96. The van der Waals surface area contributed by atoms with Crippen molar-refractivity contribution in [3.05, 3.63) is 66.0 Å². The predicted octanol–water partition coefficient (Wildman–Crippen LogP) is 1.54. The van der Waals surface area contributed by atoms with E-state index in [0.29, 0.717) is 10.5 Å². The van der Waals surface area contributed by atoms with Gasteiger partial charge in [-0.25, -0.2) is 4.39 Å². The molecule has 0 radical (unpaired) electrons. The SMILES string of the molecule is NC(=O)[C@H](CC[S@](=O)c1ccccc1)NC(=O)Cc1ccc(F)cc1. The highest BCUT2D eigenvalue weighted by molar-refractivity contribution is 7.85. The molecule has 25 heavy (non-hydrogen) atoms. The van der Waals surface area contributed by atoms with Crippen molar-refractivity contribution in [2.75, 3.05) is 5.75 Å². The lowest BCUT2D eigenvalue weighted by molar-refractivity contribution is -0.127. The summed E-state index contributed by atoms with van der Waals surface area (Å²) in [6.45, 7) is 0. The zero-order chi connectivity index (χ0) is 18.2. The molecule has 0 heterocycles. The van der Waals surface area contributed by atoms with Gasteiger partial charge in [-0.3, -0.25) is 13.8 Å². The van der Waals surface area contributed by atoms with Crippen molar-refractivity contribution in [3.63, 3.8) is 0 Å². The summed E-state index contributed by atoms with van der Waals surface area (Å²) in [6, 6.07) is 13.5. The van der Waals surface area contributed by atoms with Crippen molar-refractivity contribution in [2.45, 2.75) is 23.8 Å². The van der Waals surface area contributed by atoms with E-state index in [9.17, 15) is 18.2 Å². The number of nitrogens with two attached hydrogens (primary N) is 1. The van der Waals surface area contributed by atoms with Crippen LogP contribution in [0.1, 0.15) is 12.0 Å². The maximum atomic E-state index is 12.9. The summed E-state index contributed by atoms with van der Waals surface area (Å²) in [6.07, 6.45) is 0.178. The van der Waals surface area contributed by atoms with Crippen molar-refractivity contribution in [1.29, 1.82) is 0 Å². The molecular weight excluding hydrogens is 343 g/mol. The standard InChI is InChI=1S/C18H19FN2O3S/c19-14-8-6-13(7-9-14)12-17(22)21-16(18(20)23)10-11-25(24)15-4-2-1-3-5-15/h1-9,16H,10-12H2,(H2,20,23)(H,21,22)/t16-,25-/m0/s1. The smallest absolute Gasteiger partial charge is 0.240 e. The van der Waals surface area contributed by atoms with Crippen molar-refractivity contribution in [2.24, 2.45) is 5.73 Å². The molecular formula is C18H19FN2O3S. The molecule has 2 rings (SSSR count). The molecule has 2 aromatic rings. The number of hydrogen-bond donors (Lipinski definition) is 2. The second-order valence-corrected chi connectivity index (χ2v) is 7.05. The van der Waals surface area contributed by atoms with Crippen LogP contribution in [0.4, 0.5) is 4.39 Å². The molecule has 0 saturated heterocycles. The number of benzene rings is 2. The van der Waals surface area contributed by atoms with Gasteiger partial charge in [0.25, 0.3) is 0 Å². The fourth-order valence-corrected chi connectivity index (χ4v) is 3.38. The van der Waals surface area contributed by atoms with Gasteiger partial charge in [-0.2, -0.15) is 0 Å². The molecule has 2 amide bonds. The minimum atomic E-state index is -1.28. The molecule has 0 aliphatic rings. The molecule has 5 nitrogen and oxygen atoms in total. The number of carbonyl (C=O) groups excluding carboxylic acids is 2. The zero-order valence-corrected chi connectivity index (χ0v) is 14.3. The number of halogens is 1. The van der Waals surface area contributed by atoms with E-state index >= 15 is 0 Å². The monoisotopic (exact) mass is 362 g/mol. The van der Waals surface area contributed by atoms with Crippen LogP contribution in [0.25, 0.3) is 0 Å². The average Bonchev–Trinajstić information content (AvgIpc) is 2.60. The molecule has 3 N–H and O–H groups in total. The minimum absolute atomic E-state index is 0.00579. The third-order valence-electron chi connectivity index (χ3n) is 3.55. The van der Waals surface area contributed by atoms with Gasteiger partial charge in [0, 0.05) is 10.6 Å². The van der Waals surface area contributed by atoms with E-state index in [2.05, 4.69) is 5.32 Å². The number of primary amides is 1. The zero-order valence-electron chi connectivity index (χ0n) is 13.5. The second kappa shape index (κ2) is 9.08. The maximum Gasteiger partial charge on any atom is 0.240 e. The van der Waals surface area contributed by atoms with Crippen LogP contribution >= 0.6 is 0 Å². The first kappa shape index (κ1) is 18.8. The number of amides is 2. The van der Waals surface area contributed by atoms with Gasteiger partial charge in [-0.15, -0.1) is 0 Å². The number of nitrogens with one attached hydrogen (secondary N) is 1. The first-order chi connectivity index (χ1) is 12.0. The van der Waals surface area contributed by atoms with Crippen LogP contribution in [0.15, 0.2) is 59.5 Å². The lowest BCUT2D eigenvalue weighted by atomic mass is 10.1. The van der Waals surface area contributed by atoms with Gasteiger partial charge in [0.05, 0.1) is 17.2 Å². The van der Waals surface area contributed by atoms with E-state index in [4.69, 9.17) is 5.73 Å². The molecule has 0 aliphatic carbocycles. The summed E-state index contributed by atoms with van der Waals surface area (Å²) in [5, 5.41) is 2.54. The lowest BCUT2D eigenvalue weighted by Crippen LogP contribution is -2.45. The van der Waals surface area contributed by atoms with Crippen LogP contribution in [0.2, 0.25) is 0 Å². The largest absolute Gasteiger partial charge is 0.368 e. The Morgan fingerprint density at radius 1 is 1.08 bits per heavy atom. The van der Waals surface area contributed by atoms with Crippen molar-refractivity contribution >= 4 is 22.6 Å². The molecule has 2 atom stereocenters. The Bertz CT molecular complexity index is 751. The van der Waals surface area contributed by atoms with Crippen molar-refractivity contribution in [1.82, 2.24) is 5.32 Å². The van der Waals surface area contributed by atoms with Gasteiger partial charge in [0.1, 0.15) is 11.9 Å². The first-order valence-corrected chi connectivity index (χ1v) is 9.04. The highest BCUT2D eigenvalue weighted by Crippen LogP contribution is 2.08. The second-order valence-electron chi connectivity index (χ2n) is 5.48. The molecule has 0 unspecified atom stereocenters. The molecule has 0 aromatic heterocycles. The summed E-state index contributed by atoms with van der Waals surface area (Å²) in [4.78, 5) is 24.2. The summed E-state index contributed by atoms with van der Waals surface area (Å²) >= 11 is 0. The van der Waals surface area contributed by atoms with Crippen molar-refractivity contribution in [3.8, 4) is 0 Å². The summed E-state index contributed by atoms with van der Waals surface area (Å²) in [5.41, 5.74) is 5.94. The molecule has 2 aromatic carbocycles. The van der Waals surface area contributed by atoms with Crippen LogP contribution in [-0.2, 0) is 26.8 Å². The Balaban J connectivity index is 1.89. The molecule has 0 bridgehead atoms. The lowest BCUT2D eigenvalue weighted by Gasteiger charge is -2.15. The van der Waals surface area contributed by atoms with Gasteiger partial charge >= 0.3 is 0 Å². The Labute approximate surface area is 147 Å². The van der Waals surface area contributed by atoms with E-state index in [1.807, 2.05) is 6.07 Å². The fourth-order valence-electron chi connectivity index (χ4n) is 2.23. The quantitative estimate of drug-likeness (QED) is 0.746. The topological polar surface area (TPSA) is 89.3 Å². The first-order valence-electron chi connectivity index (χ1n) is 7.72. The van der Waals surface area contributed by atoms with Gasteiger partial charge < -0.3 is 11.1 Å². The fraction of sp³-hybridized carbons (Fsp3) is 0.222. The van der Waals surface area contributed by atoms with Crippen LogP contribution in [0.5, 0.6) is 0 Å². The molecule has 0 spiro atoms. The highest BCUT2D eigenvalue weighted by atomic mass is 32.2. The van der Waals surface area contributed by atoms with Crippen molar-refractivity contribution < 1.29 is 18.2 Å². The van der Waals surface area contributed by atoms with Crippen LogP contribution < -0.4 is 11.1 Å². The average molecular weight is 362 g/mol. The third kappa shape index (κ3) is 6.11. The van der Waals surface area contributed by atoms with E-state index in [1.165, 1.54) is 24.3 Å². The summed E-state index contributed by atoms with van der Waals surface area (Å²) in [5.74, 6) is -1.27. The van der Waals surface area contributed by atoms with Gasteiger partial charge in [0.15, 0.2) is 0 Å². The Morgan fingerprint density at radius 3 is 2.32 bits per heavy atom. The minimum Gasteiger partial charge on any atom is -0.368 e. The normalized spacial score (nSPS) is 13.0. The Hall–Kier alpha value is -2.54. The van der Waals surface area contributed by atoms with Crippen LogP contribution in [-0.4, -0.2) is 27.8 Å². The molecule has 132 valence electrons. The van der Waals surface area contributed by atoms with Gasteiger partial charge in [-0.1, -0.05) is 30.3 Å². The maximum absolute atomic E-state index is 12.9. The van der Waals surface area contributed by atoms with Gasteiger partial charge in [-0.05, 0) is 36.2 Å². The summed E-state index contributed by atoms with van der Waals surface area (Å²) in [7, 11) is -1.28. The van der Waals surface area contributed by atoms with E-state index in [1.54, 1.807) is 24.3 Å². The number of hydrogen-bond acceptors (Lipinski definition) is 3. The highest BCUT2D eigenvalue weighted by Gasteiger charge is 2.19. The summed E-state index contributed by atoms with van der Waals surface area (Å²) < 4.78 is 25.1. The predicted molar refractivity (Wildman–Crippen MR) is 93.6 cm³/mol. The molecule has 0 aliphatic heterocycles. The van der Waals surface area contributed by atoms with E-state index < -0.39 is 28.7 Å². The molecule has 7 heteroatoms. The Morgan fingerprint density at radius 2 is 1.72 bits per heavy atom. The number of carbonyl (C=O) groups is 2. The van der Waals surface area contributed by atoms with Crippen LogP contribution in [0.3, 0.4) is 0 Å². The molecule has 0 saturated carbocycles. The molecule has 0 fully saturated rings.